The lowest BCUT2D eigenvalue weighted by molar-refractivity contribution is 0.434. The molecular weight excluding hydrogens is 230 g/mol. The Morgan fingerprint density at radius 1 is 1.12 bits per heavy atom. The van der Waals surface area contributed by atoms with Gasteiger partial charge in [-0.1, -0.05) is 44.5 Å². The molecule has 0 amide bonds. The number of likely N-dealkylation sites (N-methyl/N-ethyl adjacent to an activating group) is 1. The van der Waals surface area contributed by atoms with Crippen LogP contribution < -0.4 is 5.32 Å². The number of nitrogens with one attached hydrogen (secondary N) is 1. The third-order valence-electron chi connectivity index (χ3n) is 2.98. The van der Waals surface area contributed by atoms with Crippen LogP contribution in [0.25, 0.3) is 0 Å². The van der Waals surface area contributed by atoms with Gasteiger partial charge in [0.2, 0.25) is 0 Å². The first-order chi connectivity index (χ1) is 8.11. The SMILES string of the molecule is CCNC(CCC(C)C)Cc1ccc(Cl)cc1. The summed E-state index contributed by atoms with van der Waals surface area (Å²) >= 11 is 5.90. The van der Waals surface area contributed by atoms with E-state index < -0.39 is 0 Å². The molecule has 1 atom stereocenters. The summed E-state index contributed by atoms with van der Waals surface area (Å²) in [6, 6.07) is 8.79. The topological polar surface area (TPSA) is 12.0 Å². The fourth-order valence-electron chi connectivity index (χ4n) is 2.00. The summed E-state index contributed by atoms with van der Waals surface area (Å²) in [6.45, 7) is 7.77. The van der Waals surface area contributed by atoms with Crippen LogP contribution in [-0.2, 0) is 6.42 Å². The van der Waals surface area contributed by atoms with Gasteiger partial charge in [-0.3, -0.25) is 0 Å². The molecule has 1 aromatic rings. The van der Waals surface area contributed by atoms with Gasteiger partial charge in [-0.15, -0.1) is 0 Å². The Labute approximate surface area is 111 Å². The van der Waals surface area contributed by atoms with Crippen molar-refractivity contribution in [2.75, 3.05) is 6.54 Å². The number of rotatable bonds is 7. The summed E-state index contributed by atoms with van der Waals surface area (Å²) in [4.78, 5) is 0. The quantitative estimate of drug-likeness (QED) is 0.764. The van der Waals surface area contributed by atoms with Crippen molar-refractivity contribution in [3.8, 4) is 0 Å². The first-order valence-corrected chi connectivity index (χ1v) is 6.97. The Kier molecular flexibility index (Phi) is 6.61. The molecule has 96 valence electrons. The molecule has 1 unspecified atom stereocenters. The van der Waals surface area contributed by atoms with Crippen LogP contribution >= 0.6 is 11.6 Å². The third kappa shape index (κ3) is 6.09. The minimum atomic E-state index is 0.587. The molecule has 0 heterocycles. The van der Waals surface area contributed by atoms with Gasteiger partial charge in [0, 0.05) is 11.1 Å². The van der Waals surface area contributed by atoms with Gasteiger partial charge < -0.3 is 5.32 Å². The first-order valence-electron chi connectivity index (χ1n) is 6.59. The average molecular weight is 254 g/mol. The molecule has 0 spiro atoms. The van der Waals surface area contributed by atoms with Gasteiger partial charge in [0.25, 0.3) is 0 Å². The fraction of sp³-hybridized carbons (Fsp3) is 0.600. The predicted octanol–water partition coefficient (Wildman–Crippen LogP) is 4.30. The number of halogens is 1. The van der Waals surface area contributed by atoms with E-state index in [4.69, 9.17) is 11.6 Å². The van der Waals surface area contributed by atoms with Crippen molar-refractivity contribution in [3.63, 3.8) is 0 Å². The summed E-state index contributed by atoms with van der Waals surface area (Å²) in [5.74, 6) is 0.779. The van der Waals surface area contributed by atoms with Crippen molar-refractivity contribution in [1.82, 2.24) is 5.32 Å². The molecule has 1 nitrogen and oxygen atoms in total. The Morgan fingerprint density at radius 3 is 2.29 bits per heavy atom. The van der Waals surface area contributed by atoms with Crippen LogP contribution in [0, 0.1) is 5.92 Å². The molecule has 0 aromatic heterocycles. The fourth-order valence-corrected chi connectivity index (χ4v) is 2.13. The lowest BCUT2D eigenvalue weighted by Gasteiger charge is -2.19. The molecule has 0 bridgehead atoms. The number of hydrogen-bond donors (Lipinski definition) is 1. The average Bonchev–Trinajstić information content (AvgIpc) is 2.29. The van der Waals surface area contributed by atoms with Crippen LogP contribution in [-0.4, -0.2) is 12.6 Å². The van der Waals surface area contributed by atoms with E-state index in [0.717, 1.165) is 23.9 Å². The molecule has 0 aliphatic rings. The molecule has 0 saturated heterocycles. The van der Waals surface area contributed by atoms with E-state index in [-0.39, 0.29) is 0 Å². The minimum absolute atomic E-state index is 0.587. The normalized spacial score (nSPS) is 13.0. The highest BCUT2D eigenvalue weighted by Crippen LogP contribution is 2.14. The zero-order valence-electron chi connectivity index (χ0n) is 11.2. The Morgan fingerprint density at radius 2 is 1.76 bits per heavy atom. The van der Waals surface area contributed by atoms with Crippen LogP contribution in [0.1, 0.15) is 39.2 Å². The summed E-state index contributed by atoms with van der Waals surface area (Å²) in [5, 5.41) is 4.38. The van der Waals surface area contributed by atoms with E-state index in [1.165, 1.54) is 18.4 Å². The largest absolute Gasteiger partial charge is 0.314 e. The monoisotopic (exact) mass is 253 g/mol. The van der Waals surface area contributed by atoms with Crippen LogP contribution in [0.3, 0.4) is 0 Å². The van der Waals surface area contributed by atoms with E-state index in [0.29, 0.717) is 6.04 Å². The van der Waals surface area contributed by atoms with Gasteiger partial charge in [0.1, 0.15) is 0 Å². The Hall–Kier alpha value is -0.530. The zero-order chi connectivity index (χ0) is 12.7. The predicted molar refractivity (Wildman–Crippen MR) is 76.7 cm³/mol. The number of hydrogen-bond acceptors (Lipinski definition) is 1. The van der Waals surface area contributed by atoms with Gasteiger partial charge in [0.15, 0.2) is 0 Å². The van der Waals surface area contributed by atoms with Gasteiger partial charge >= 0.3 is 0 Å². The van der Waals surface area contributed by atoms with Crippen LogP contribution in [0.5, 0.6) is 0 Å². The molecule has 17 heavy (non-hydrogen) atoms. The van der Waals surface area contributed by atoms with Crippen molar-refractivity contribution in [3.05, 3.63) is 34.9 Å². The molecule has 1 aromatic carbocycles. The molecule has 0 aliphatic carbocycles. The highest BCUT2D eigenvalue weighted by molar-refractivity contribution is 6.30. The summed E-state index contributed by atoms with van der Waals surface area (Å²) in [5.41, 5.74) is 1.36. The second-order valence-electron chi connectivity index (χ2n) is 5.06. The highest BCUT2D eigenvalue weighted by atomic mass is 35.5. The molecule has 2 heteroatoms. The molecule has 1 rings (SSSR count). The summed E-state index contributed by atoms with van der Waals surface area (Å²) < 4.78 is 0. The molecule has 0 radical (unpaired) electrons. The minimum Gasteiger partial charge on any atom is -0.314 e. The van der Waals surface area contributed by atoms with Crippen LogP contribution in [0.15, 0.2) is 24.3 Å². The van der Waals surface area contributed by atoms with Gasteiger partial charge in [-0.05, 0) is 49.4 Å². The lowest BCUT2D eigenvalue weighted by atomic mass is 9.98. The van der Waals surface area contributed by atoms with Crippen molar-refractivity contribution in [2.24, 2.45) is 5.92 Å². The maximum Gasteiger partial charge on any atom is 0.0406 e. The van der Waals surface area contributed by atoms with Crippen molar-refractivity contribution < 1.29 is 0 Å². The van der Waals surface area contributed by atoms with Gasteiger partial charge in [-0.2, -0.15) is 0 Å². The lowest BCUT2D eigenvalue weighted by Crippen LogP contribution is -2.31. The van der Waals surface area contributed by atoms with Crippen LogP contribution in [0.4, 0.5) is 0 Å². The van der Waals surface area contributed by atoms with Crippen LogP contribution in [0.2, 0.25) is 5.02 Å². The van der Waals surface area contributed by atoms with E-state index in [9.17, 15) is 0 Å². The molecule has 0 saturated carbocycles. The van der Waals surface area contributed by atoms with Gasteiger partial charge in [-0.25, -0.2) is 0 Å². The van der Waals surface area contributed by atoms with E-state index >= 15 is 0 Å². The standard InChI is InChI=1S/C15H24ClN/c1-4-17-15(10-5-12(2)3)11-13-6-8-14(16)9-7-13/h6-9,12,15,17H,4-5,10-11H2,1-3H3. The maximum atomic E-state index is 5.90. The summed E-state index contributed by atoms with van der Waals surface area (Å²) in [7, 11) is 0. The second-order valence-corrected chi connectivity index (χ2v) is 5.49. The van der Waals surface area contributed by atoms with Crippen molar-refractivity contribution >= 4 is 11.6 Å². The highest BCUT2D eigenvalue weighted by Gasteiger charge is 2.09. The maximum absolute atomic E-state index is 5.90. The smallest absolute Gasteiger partial charge is 0.0406 e. The number of benzene rings is 1. The Balaban J connectivity index is 2.50. The molecular formula is C15H24ClN. The Bertz CT molecular complexity index is 305. The van der Waals surface area contributed by atoms with E-state index in [1.54, 1.807) is 0 Å². The molecule has 0 aliphatic heterocycles. The third-order valence-corrected chi connectivity index (χ3v) is 3.23. The van der Waals surface area contributed by atoms with Crippen molar-refractivity contribution in [1.29, 1.82) is 0 Å². The van der Waals surface area contributed by atoms with E-state index in [1.807, 2.05) is 12.1 Å². The molecule has 1 N–H and O–H groups in total. The van der Waals surface area contributed by atoms with E-state index in [2.05, 4.69) is 38.2 Å². The first kappa shape index (κ1) is 14.5. The van der Waals surface area contributed by atoms with Gasteiger partial charge in [0.05, 0.1) is 0 Å². The second kappa shape index (κ2) is 7.73. The molecule has 0 fully saturated rings. The summed E-state index contributed by atoms with van der Waals surface area (Å²) in [6.07, 6.45) is 3.62. The van der Waals surface area contributed by atoms with Crippen molar-refractivity contribution in [2.45, 2.75) is 46.1 Å². The zero-order valence-corrected chi connectivity index (χ0v) is 11.9.